The number of alkyl halides is 3. The summed E-state index contributed by atoms with van der Waals surface area (Å²) < 4.78 is 39.3. The van der Waals surface area contributed by atoms with Crippen LogP contribution in [-0.2, 0) is 6.54 Å². The number of aromatic nitrogens is 2. The van der Waals surface area contributed by atoms with E-state index in [1.54, 1.807) is 11.6 Å². The highest BCUT2D eigenvalue weighted by Crippen LogP contribution is 2.41. The molecule has 0 aliphatic carbocycles. The second kappa shape index (κ2) is 5.59. The van der Waals surface area contributed by atoms with Gasteiger partial charge in [0.1, 0.15) is 0 Å². The van der Waals surface area contributed by atoms with Crippen LogP contribution in [-0.4, -0.2) is 39.9 Å². The minimum absolute atomic E-state index is 0.139. The molecule has 1 aliphatic rings. The van der Waals surface area contributed by atoms with E-state index in [0.717, 1.165) is 5.69 Å². The van der Waals surface area contributed by atoms with Crippen molar-refractivity contribution in [2.75, 3.05) is 13.1 Å². The molecule has 1 aliphatic heterocycles. The number of hydrogen-bond acceptors (Lipinski definition) is 2. The van der Waals surface area contributed by atoms with Gasteiger partial charge in [0, 0.05) is 30.7 Å². The Bertz CT molecular complexity index is 557. The van der Waals surface area contributed by atoms with E-state index in [-0.39, 0.29) is 19.0 Å². The maximum atomic E-state index is 12.5. The normalized spacial score (nSPS) is 17.7. The third-order valence-corrected chi connectivity index (χ3v) is 3.93. The molecular formula is C15H22F3N3O. The Morgan fingerprint density at radius 3 is 2.50 bits per heavy atom. The van der Waals surface area contributed by atoms with E-state index in [1.807, 2.05) is 6.92 Å². The van der Waals surface area contributed by atoms with Crippen molar-refractivity contribution in [3.05, 3.63) is 17.5 Å². The van der Waals surface area contributed by atoms with Gasteiger partial charge in [0.05, 0.1) is 18.2 Å². The van der Waals surface area contributed by atoms with Gasteiger partial charge in [-0.05, 0) is 12.8 Å². The van der Waals surface area contributed by atoms with Crippen molar-refractivity contribution in [3.63, 3.8) is 0 Å². The fraction of sp³-hybridized carbons (Fsp3) is 0.733. The largest absolute Gasteiger partial charge is 0.389 e. The lowest BCUT2D eigenvalue weighted by molar-refractivity contribution is -0.172. The van der Waals surface area contributed by atoms with Gasteiger partial charge in [-0.3, -0.25) is 9.48 Å². The summed E-state index contributed by atoms with van der Waals surface area (Å²) in [5.74, 6) is 0.174. The van der Waals surface area contributed by atoms with E-state index >= 15 is 0 Å². The zero-order valence-corrected chi connectivity index (χ0v) is 13.4. The summed E-state index contributed by atoms with van der Waals surface area (Å²) in [5.41, 5.74) is 0.383. The van der Waals surface area contributed by atoms with Crippen LogP contribution in [0.2, 0.25) is 0 Å². The molecule has 0 saturated carbocycles. The Balaban J connectivity index is 2.02. The molecule has 2 rings (SSSR count). The maximum Gasteiger partial charge on any atom is 0.389 e. The molecule has 1 aromatic heterocycles. The molecule has 124 valence electrons. The topological polar surface area (TPSA) is 38.1 Å². The summed E-state index contributed by atoms with van der Waals surface area (Å²) in [7, 11) is 0. The van der Waals surface area contributed by atoms with Gasteiger partial charge in [0.25, 0.3) is 5.91 Å². The van der Waals surface area contributed by atoms with Gasteiger partial charge in [-0.15, -0.1) is 0 Å². The van der Waals surface area contributed by atoms with Gasteiger partial charge >= 0.3 is 6.18 Å². The van der Waals surface area contributed by atoms with Gasteiger partial charge in [-0.2, -0.15) is 18.3 Å². The van der Waals surface area contributed by atoms with Crippen molar-refractivity contribution in [1.29, 1.82) is 0 Å². The third kappa shape index (κ3) is 3.62. The lowest BCUT2D eigenvalue weighted by Gasteiger charge is -2.48. The van der Waals surface area contributed by atoms with Gasteiger partial charge in [-0.1, -0.05) is 20.8 Å². The second-order valence-electron chi connectivity index (χ2n) is 6.98. The summed E-state index contributed by atoms with van der Waals surface area (Å²) >= 11 is 0. The Morgan fingerprint density at radius 2 is 2.00 bits per heavy atom. The molecular weight excluding hydrogens is 295 g/mol. The van der Waals surface area contributed by atoms with Crippen molar-refractivity contribution in [2.45, 2.75) is 46.8 Å². The average Bonchev–Trinajstić information content (AvgIpc) is 2.64. The van der Waals surface area contributed by atoms with E-state index in [9.17, 15) is 18.0 Å². The van der Waals surface area contributed by atoms with E-state index in [0.29, 0.717) is 18.0 Å². The Hall–Kier alpha value is -1.53. The highest BCUT2D eigenvalue weighted by Gasteiger charge is 2.48. The standard InChI is InChI=1S/C15H22F3N3O/c1-10(2)6-21-11(3)12(5-19-21)13(22)20-8-14(4,9-20)7-15(16,17)18/h5,10H,6-9H2,1-4H3. The van der Waals surface area contributed by atoms with Crippen LogP contribution in [0.1, 0.15) is 43.2 Å². The van der Waals surface area contributed by atoms with Crippen LogP contribution in [0.3, 0.4) is 0 Å². The second-order valence-corrected chi connectivity index (χ2v) is 6.98. The van der Waals surface area contributed by atoms with Crippen LogP contribution in [0.4, 0.5) is 13.2 Å². The molecule has 0 unspecified atom stereocenters. The number of halogens is 3. The third-order valence-electron chi connectivity index (χ3n) is 3.93. The molecule has 0 bridgehead atoms. The molecule has 0 radical (unpaired) electrons. The first kappa shape index (κ1) is 16.8. The van der Waals surface area contributed by atoms with Crippen LogP contribution >= 0.6 is 0 Å². The molecule has 1 aromatic rings. The monoisotopic (exact) mass is 317 g/mol. The molecule has 1 amide bonds. The zero-order chi connectivity index (χ0) is 16.7. The minimum atomic E-state index is -4.19. The molecule has 1 fully saturated rings. The van der Waals surface area contributed by atoms with Crippen LogP contribution in [0.5, 0.6) is 0 Å². The van der Waals surface area contributed by atoms with Gasteiger partial charge in [0.2, 0.25) is 0 Å². The summed E-state index contributed by atoms with van der Waals surface area (Å²) in [4.78, 5) is 13.9. The Labute approximate surface area is 128 Å². The number of hydrogen-bond donors (Lipinski definition) is 0. The summed E-state index contributed by atoms with van der Waals surface area (Å²) in [5, 5.41) is 4.20. The average molecular weight is 317 g/mol. The molecule has 0 spiro atoms. The SMILES string of the molecule is Cc1c(C(=O)N2CC(C)(CC(F)(F)F)C2)cnn1CC(C)C. The number of likely N-dealkylation sites (tertiary alicyclic amines) is 1. The van der Waals surface area contributed by atoms with E-state index in [2.05, 4.69) is 18.9 Å². The fourth-order valence-corrected chi connectivity index (χ4v) is 2.97. The van der Waals surface area contributed by atoms with Crippen LogP contribution < -0.4 is 0 Å². The van der Waals surface area contributed by atoms with E-state index in [1.165, 1.54) is 11.1 Å². The number of nitrogens with zero attached hydrogens (tertiary/aromatic N) is 3. The first-order chi connectivity index (χ1) is 10.0. The zero-order valence-electron chi connectivity index (χ0n) is 13.4. The summed E-state index contributed by atoms with van der Waals surface area (Å²) in [6.07, 6.45) is -3.53. The van der Waals surface area contributed by atoms with E-state index < -0.39 is 18.0 Å². The highest BCUT2D eigenvalue weighted by molar-refractivity contribution is 5.95. The Morgan fingerprint density at radius 1 is 1.41 bits per heavy atom. The molecule has 1 saturated heterocycles. The van der Waals surface area contributed by atoms with Crippen LogP contribution in [0.15, 0.2) is 6.20 Å². The van der Waals surface area contributed by atoms with Gasteiger partial charge in [0.15, 0.2) is 0 Å². The molecule has 4 nitrogen and oxygen atoms in total. The molecule has 7 heteroatoms. The van der Waals surface area contributed by atoms with Crippen molar-refractivity contribution in [1.82, 2.24) is 14.7 Å². The van der Waals surface area contributed by atoms with Crippen molar-refractivity contribution < 1.29 is 18.0 Å². The van der Waals surface area contributed by atoms with Crippen LogP contribution in [0.25, 0.3) is 0 Å². The number of carbonyl (C=O) groups excluding carboxylic acids is 1. The van der Waals surface area contributed by atoms with E-state index in [4.69, 9.17) is 0 Å². The Kier molecular flexibility index (Phi) is 4.28. The highest BCUT2D eigenvalue weighted by atomic mass is 19.4. The number of rotatable bonds is 4. The minimum Gasteiger partial charge on any atom is -0.337 e. The predicted molar refractivity (Wildman–Crippen MR) is 76.5 cm³/mol. The molecule has 0 aromatic carbocycles. The smallest absolute Gasteiger partial charge is 0.337 e. The first-order valence-electron chi connectivity index (χ1n) is 7.39. The van der Waals surface area contributed by atoms with Gasteiger partial charge in [-0.25, -0.2) is 0 Å². The van der Waals surface area contributed by atoms with Crippen LogP contribution in [0, 0.1) is 18.3 Å². The van der Waals surface area contributed by atoms with Crippen molar-refractivity contribution >= 4 is 5.91 Å². The van der Waals surface area contributed by atoms with Gasteiger partial charge < -0.3 is 4.90 Å². The maximum absolute atomic E-state index is 12.5. The lowest BCUT2D eigenvalue weighted by atomic mass is 9.78. The molecule has 0 N–H and O–H groups in total. The van der Waals surface area contributed by atoms with Crippen molar-refractivity contribution in [3.8, 4) is 0 Å². The number of amides is 1. The molecule has 2 heterocycles. The first-order valence-corrected chi connectivity index (χ1v) is 7.39. The summed E-state index contributed by atoms with van der Waals surface area (Å²) in [6, 6.07) is 0. The quantitative estimate of drug-likeness (QED) is 0.855. The lowest BCUT2D eigenvalue weighted by Crippen LogP contribution is -2.58. The fourth-order valence-electron chi connectivity index (χ4n) is 2.97. The summed E-state index contributed by atoms with van der Waals surface area (Å²) in [6.45, 7) is 8.49. The van der Waals surface area contributed by atoms with Crippen molar-refractivity contribution in [2.24, 2.45) is 11.3 Å². The number of carbonyl (C=O) groups is 1. The molecule has 22 heavy (non-hydrogen) atoms. The predicted octanol–water partition coefficient (Wildman–Crippen LogP) is 3.26. The molecule has 0 atom stereocenters.